The number of rotatable bonds is 4. The normalized spacial score (nSPS) is 10.4. The zero-order valence-electron chi connectivity index (χ0n) is 9.27. The molecule has 2 rings (SSSR count). The molecule has 0 atom stereocenters. The zero-order chi connectivity index (χ0) is 12.1. The first-order valence-electron chi connectivity index (χ1n) is 5.26. The summed E-state index contributed by atoms with van der Waals surface area (Å²) >= 11 is 3.43. The molecule has 0 aliphatic rings. The molecule has 0 aliphatic heterocycles. The third-order valence-corrected chi connectivity index (χ3v) is 2.77. The number of nitrogens with zero attached hydrogens (tertiary/aromatic N) is 1. The van der Waals surface area contributed by atoms with E-state index in [1.165, 1.54) is 0 Å². The largest absolute Gasteiger partial charge is 0.384 e. The van der Waals surface area contributed by atoms with Crippen molar-refractivity contribution in [3.8, 4) is 0 Å². The fourth-order valence-electron chi connectivity index (χ4n) is 1.50. The SMILES string of the molecule is Nc1cc(COCc2cccc(Br)c2)ccn1. The lowest BCUT2D eigenvalue weighted by molar-refractivity contribution is 0.107. The Hall–Kier alpha value is -1.39. The second-order valence-corrected chi connectivity index (χ2v) is 4.63. The Morgan fingerprint density at radius 1 is 1.12 bits per heavy atom. The predicted octanol–water partition coefficient (Wildman–Crippen LogP) is 3.14. The molecule has 0 saturated heterocycles. The summed E-state index contributed by atoms with van der Waals surface area (Å²) in [5, 5.41) is 0. The summed E-state index contributed by atoms with van der Waals surface area (Å²) in [5.41, 5.74) is 7.76. The highest BCUT2D eigenvalue weighted by Crippen LogP contribution is 2.13. The van der Waals surface area contributed by atoms with E-state index in [-0.39, 0.29) is 0 Å². The molecule has 1 aromatic heterocycles. The maximum atomic E-state index is 5.61. The molecule has 0 unspecified atom stereocenters. The van der Waals surface area contributed by atoms with Crippen LogP contribution in [-0.2, 0) is 18.0 Å². The van der Waals surface area contributed by atoms with Crippen LogP contribution in [0.5, 0.6) is 0 Å². The van der Waals surface area contributed by atoms with Crippen LogP contribution in [0.3, 0.4) is 0 Å². The minimum atomic E-state index is 0.522. The van der Waals surface area contributed by atoms with Crippen molar-refractivity contribution in [2.24, 2.45) is 0 Å². The summed E-state index contributed by atoms with van der Waals surface area (Å²) < 4.78 is 6.67. The highest BCUT2D eigenvalue weighted by molar-refractivity contribution is 9.10. The van der Waals surface area contributed by atoms with Crippen LogP contribution in [0.2, 0.25) is 0 Å². The fraction of sp³-hybridized carbons (Fsp3) is 0.154. The summed E-state index contributed by atoms with van der Waals surface area (Å²) in [6.45, 7) is 1.13. The number of hydrogen-bond donors (Lipinski definition) is 1. The van der Waals surface area contributed by atoms with Gasteiger partial charge in [0.05, 0.1) is 13.2 Å². The summed E-state index contributed by atoms with van der Waals surface area (Å²) in [5.74, 6) is 0.522. The van der Waals surface area contributed by atoms with Gasteiger partial charge in [-0.3, -0.25) is 0 Å². The highest BCUT2D eigenvalue weighted by Gasteiger charge is 1.97. The van der Waals surface area contributed by atoms with Gasteiger partial charge >= 0.3 is 0 Å². The molecule has 2 aromatic rings. The molecule has 0 radical (unpaired) electrons. The molecule has 2 N–H and O–H groups in total. The number of anilines is 1. The molecule has 0 aliphatic carbocycles. The van der Waals surface area contributed by atoms with E-state index in [0.717, 1.165) is 15.6 Å². The minimum absolute atomic E-state index is 0.522. The minimum Gasteiger partial charge on any atom is -0.384 e. The third-order valence-electron chi connectivity index (χ3n) is 2.27. The average molecular weight is 293 g/mol. The Labute approximate surface area is 109 Å². The number of nitrogen functional groups attached to an aromatic ring is 1. The lowest BCUT2D eigenvalue weighted by atomic mass is 10.2. The third kappa shape index (κ3) is 3.84. The average Bonchev–Trinajstić information content (AvgIpc) is 2.29. The Morgan fingerprint density at radius 3 is 2.59 bits per heavy atom. The first kappa shape index (κ1) is 12.1. The van der Waals surface area contributed by atoms with Gasteiger partial charge in [0.15, 0.2) is 0 Å². The van der Waals surface area contributed by atoms with Crippen LogP contribution in [0.15, 0.2) is 47.1 Å². The van der Waals surface area contributed by atoms with E-state index in [0.29, 0.717) is 19.0 Å². The van der Waals surface area contributed by atoms with Crippen molar-refractivity contribution in [1.82, 2.24) is 4.98 Å². The zero-order valence-corrected chi connectivity index (χ0v) is 10.9. The van der Waals surface area contributed by atoms with Crippen molar-refractivity contribution in [2.45, 2.75) is 13.2 Å². The quantitative estimate of drug-likeness (QED) is 0.942. The maximum absolute atomic E-state index is 5.61. The van der Waals surface area contributed by atoms with Gasteiger partial charge in [-0.25, -0.2) is 4.98 Å². The van der Waals surface area contributed by atoms with Gasteiger partial charge in [-0.1, -0.05) is 28.1 Å². The lowest BCUT2D eigenvalue weighted by Gasteiger charge is -2.05. The van der Waals surface area contributed by atoms with E-state index in [9.17, 15) is 0 Å². The molecule has 0 spiro atoms. The van der Waals surface area contributed by atoms with Crippen LogP contribution in [0.4, 0.5) is 5.82 Å². The van der Waals surface area contributed by atoms with Crippen LogP contribution in [0, 0.1) is 0 Å². The first-order chi connectivity index (χ1) is 8.24. The Kier molecular flexibility index (Phi) is 4.12. The number of ether oxygens (including phenoxy) is 1. The predicted molar refractivity (Wildman–Crippen MR) is 71.3 cm³/mol. The molecule has 1 heterocycles. The molecule has 1 aromatic carbocycles. The van der Waals surface area contributed by atoms with Gasteiger partial charge < -0.3 is 10.5 Å². The van der Waals surface area contributed by atoms with Gasteiger partial charge in [-0.05, 0) is 35.4 Å². The number of hydrogen-bond acceptors (Lipinski definition) is 3. The van der Waals surface area contributed by atoms with Crippen LogP contribution in [0.1, 0.15) is 11.1 Å². The molecule has 0 fully saturated rings. The molecule has 0 saturated carbocycles. The van der Waals surface area contributed by atoms with Gasteiger partial charge in [-0.15, -0.1) is 0 Å². The van der Waals surface area contributed by atoms with Gasteiger partial charge in [0.1, 0.15) is 5.82 Å². The molecule has 3 nitrogen and oxygen atoms in total. The van der Waals surface area contributed by atoms with Crippen LogP contribution in [-0.4, -0.2) is 4.98 Å². The first-order valence-corrected chi connectivity index (χ1v) is 6.06. The molecule has 0 amide bonds. The van der Waals surface area contributed by atoms with Gasteiger partial charge in [0.2, 0.25) is 0 Å². The van der Waals surface area contributed by atoms with Crippen molar-refractivity contribution in [1.29, 1.82) is 0 Å². The number of halogens is 1. The fourth-order valence-corrected chi connectivity index (χ4v) is 1.94. The van der Waals surface area contributed by atoms with E-state index < -0.39 is 0 Å². The van der Waals surface area contributed by atoms with Gasteiger partial charge in [0.25, 0.3) is 0 Å². The van der Waals surface area contributed by atoms with Crippen LogP contribution < -0.4 is 5.73 Å². The van der Waals surface area contributed by atoms with Crippen LogP contribution in [0.25, 0.3) is 0 Å². The van der Waals surface area contributed by atoms with Crippen molar-refractivity contribution < 1.29 is 4.74 Å². The Balaban J connectivity index is 1.87. The lowest BCUT2D eigenvalue weighted by Crippen LogP contribution is -1.96. The van der Waals surface area contributed by atoms with E-state index in [1.54, 1.807) is 6.20 Å². The molecular formula is C13H13BrN2O. The number of pyridine rings is 1. The van der Waals surface area contributed by atoms with Crippen molar-refractivity contribution in [3.63, 3.8) is 0 Å². The molecule has 17 heavy (non-hydrogen) atoms. The summed E-state index contributed by atoms with van der Waals surface area (Å²) in [4.78, 5) is 3.93. The number of nitrogens with two attached hydrogens (primary N) is 1. The van der Waals surface area contributed by atoms with E-state index in [4.69, 9.17) is 10.5 Å². The standard InChI is InChI=1S/C13H13BrN2O/c14-12-3-1-2-10(6-12)8-17-9-11-4-5-16-13(15)7-11/h1-7H,8-9H2,(H2,15,16). The van der Waals surface area contributed by atoms with E-state index in [2.05, 4.69) is 20.9 Å². The van der Waals surface area contributed by atoms with Crippen molar-refractivity contribution in [2.75, 3.05) is 5.73 Å². The molecule has 4 heteroatoms. The second-order valence-electron chi connectivity index (χ2n) is 3.71. The second kappa shape index (κ2) is 5.80. The summed E-state index contributed by atoms with van der Waals surface area (Å²) in [6, 6.07) is 11.8. The molecule has 0 bridgehead atoms. The van der Waals surface area contributed by atoms with Gasteiger partial charge in [0, 0.05) is 10.7 Å². The molecule has 88 valence electrons. The molecular weight excluding hydrogens is 280 g/mol. The number of aromatic nitrogens is 1. The Morgan fingerprint density at radius 2 is 1.88 bits per heavy atom. The monoisotopic (exact) mass is 292 g/mol. The highest BCUT2D eigenvalue weighted by atomic mass is 79.9. The van der Waals surface area contributed by atoms with Gasteiger partial charge in [-0.2, -0.15) is 0 Å². The number of benzene rings is 1. The maximum Gasteiger partial charge on any atom is 0.123 e. The van der Waals surface area contributed by atoms with Crippen LogP contribution >= 0.6 is 15.9 Å². The topological polar surface area (TPSA) is 48.1 Å². The smallest absolute Gasteiger partial charge is 0.123 e. The van der Waals surface area contributed by atoms with Crippen molar-refractivity contribution >= 4 is 21.7 Å². The van der Waals surface area contributed by atoms with E-state index >= 15 is 0 Å². The van der Waals surface area contributed by atoms with E-state index in [1.807, 2.05) is 36.4 Å². The summed E-state index contributed by atoms with van der Waals surface area (Å²) in [6.07, 6.45) is 1.69. The Bertz CT molecular complexity index is 457. The van der Waals surface area contributed by atoms with Crippen molar-refractivity contribution in [3.05, 3.63) is 58.2 Å². The summed E-state index contributed by atoms with van der Waals surface area (Å²) in [7, 11) is 0.